The van der Waals surface area contributed by atoms with Crippen LogP contribution in [0.3, 0.4) is 0 Å². The minimum atomic E-state index is -6.83. The zero-order valence-corrected chi connectivity index (χ0v) is 15.9. The fraction of sp³-hybridized carbons (Fsp3) is 1.00. The molecule has 17 heteroatoms. The quantitative estimate of drug-likeness (QED) is 0.347. The van der Waals surface area contributed by atoms with Gasteiger partial charge in [0.2, 0.25) is 0 Å². The molecule has 0 heterocycles. The summed E-state index contributed by atoms with van der Waals surface area (Å²) in [7, 11) is 1.50. The van der Waals surface area contributed by atoms with E-state index in [0.29, 0.717) is 0 Å². The minimum absolute atomic E-state index is 0.750. The van der Waals surface area contributed by atoms with Crippen molar-refractivity contribution in [2.24, 2.45) is 0 Å². The van der Waals surface area contributed by atoms with Crippen LogP contribution < -0.4 is 10.2 Å². The van der Waals surface area contributed by atoms with Crippen molar-refractivity contribution < 1.29 is 71.7 Å². The van der Waals surface area contributed by atoms with E-state index >= 15 is 0 Å². The predicted octanol–water partition coefficient (Wildman–Crippen LogP) is 2.31. The van der Waals surface area contributed by atoms with Gasteiger partial charge in [-0.15, -0.1) is 0 Å². The summed E-state index contributed by atoms with van der Waals surface area (Å²) < 4.78 is 162. The fourth-order valence-corrected chi connectivity index (χ4v) is 4.05. The normalized spacial score (nSPS) is 13.7. The van der Waals surface area contributed by atoms with Gasteiger partial charge in [-0.1, -0.05) is 0 Å². The van der Waals surface area contributed by atoms with E-state index in [1.807, 2.05) is 0 Å². The zero-order valence-electron chi connectivity index (χ0n) is 13.0. The molecule has 0 unspecified atom stereocenters. The van der Waals surface area contributed by atoms with Gasteiger partial charge in [-0.2, -0.15) is 14.2 Å². The Kier molecular flexibility index (Phi) is 12.2. The molecule has 0 rings (SSSR count). The summed E-state index contributed by atoms with van der Waals surface area (Å²) in [5.74, 6) is -26.1. The van der Waals surface area contributed by atoms with Crippen LogP contribution in [-0.4, -0.2) is 80.3 Å². The second-order valence-electron chi connectivity index (χ2n) is 4.10. The van der Waals surface area contributed by atoms with Gasteiger partial charge in [0, 0.05) is 0 Å². The standard InChI is InChI=1S/2C4H2F7.2CH3O.Sn/c2*5-1-3(8,9)4(10,11)2(6)7;2*1-2;/h2*1H2;2*1H3;/q;;2*-1;+2. The van der Waals surface area contributed by atoms with Crippen molar-refractivity contribution in [2.45, 2.75) is 31.6 Å². The summed E-state index contributed by atoms with van der Waals surface area (Å²) in [5.41, 5.74) is 0. The molecule has 0 aromatic heterocycles. The second kappa shape index (κ2) is 10.5. The van der Waals surface area contributed by atoms with E-state index < -0.39 is 66.1 Å². The third kappa shape index (κ3) is 6.36. The molecule has 27 heavy (non-hydrogen) atoms. The van der Waals surface area contributed by atoms with Crippen LogP contribution in [-0.2, 0) is 0 Å². The van der Waals surface area contributed by atoms with Gasteiger partial charge in [0.1, 0.15) is 0 Å². The predicted molar refractivity (Wildman–Crippen MR) is 59.2 cm³/mol. The van der Waals surface area contributed by atoms with E-state index in [2.05, 4.69) is 0 Å². The third-order valence-corrected chi connectivity index (χ3v) is 5.94. The summed E-state index contributed by atoms with van der Waals surface area (Å²) in [6.45, 7) is -6.89. The van der Waals surface area contributed by atoms with Crippen molar-refractivity contribution in [2.75, 3.05) is 27.6 Å². The first-order chi connectivity index (χ1) is 11.8. The molecule has 0 atom stereocenters. The van der Waals surface area contributed by atoms with Gasteiger partial charge in [0.15, 0.2) is 0 Å². The number of alkyl halides is 14. The van der Waals surface area contributed by atoms with Crippen molar-refractivity contribution in [3.05, 3.63) is 0 Å². The average Bonchev–Trinajstić information content (AvgIpc) is 2.56. The van der Waals surface area contributed by atoms with Gasteiger partial charge in [0.05, 0.1) is 0 Å². The summed E-state index contributed by atoms with van der Waals surface area (Å²) in [5, 5.41) is 16.5. The van der Waals surface area contributed by atoms with E-state index in [-0.39, 0.29) is 0 Å². The van der Waals surface area contributed by atoms with Gasteiger partial charge < -0.3 is 10.2 Å². The van der Waals surface area contributed by atoms with E-state index in [9.17, 15) is 61.5 Å². The molecule has 0 aliphatic heterocycles. The molecule has 0 aliphatic rings. The van der Waals surface area contributed by atoms with Gasteiger partial charge in [0.25, 0.3) is 0 Å². The van der Waals surface area contributed by atoms with Gasteiger partial charge >= 0.3 is 128 Å². The number of halogens is 14. The van der Waals surface area contributed by atoms with Crippen molar-refractivity contribution in [3.8, 4) is 0 Å². The van der Waals surface area contributed by atoms with Crippen molar-refractivity contribution in [1.82, 2.24) is 0 Å². The molecular weight excluding hydrogens is 537 g/mol. The maximum atomic E-state index is 12.9. The fourth-order valence-electron chi connectivity index (χ4n) is 0.981. The summed E-state index contributed by atoms with van der Waals surface area (Å²) in [6.07, 6.45) is 0. The first-order valence-corrected chi connectivity index (χ1v) is 8.68. The average molecular weight is 547 g/mol. The van der Waals surface area contributed by atoms with Crippen LogP contribution in [0.1, 0.15) is 0 Å². The summed E-state index contributed by atoms with van der Waals surface area (Å²) >= 11 is -6.13. The molecule has 0 aliphatic carbocycles. The molecule has 0 bridgehead atoms. The second-order valence-corrected chi connectivity index (χ2v) is 8.40. The third-order valence-electron chi connectivity index (χ3n) is 2.36. The molecule has 0 amide bonds. The molecule has 0 aromatic rings. The zero-order chi connectivity index (χ0) is 23.1. The van der Waals surface area contributed by atoms with E-state index in [1.165, 1.54) is 0 Å². The van der Waals surface area contributed by atoms with Crippen molar-refractivity contribution >= 4 is 21.1 Å². The molecule has 0 spiro atoms. The Morgan fingerprint density at radius 3 is 0.852 bits per heavy atom. The number of hydrogen-bond donors (Lipinski definition) is 0. The van der Waals surface area contributed by atoms with Crippen LogP contribution in [0.4, 0.5) is 61.5 Å². The Morgan fingerprint density at radius 2 is 0.704 bits per heavy atom. The number of hydrogen-bond acceptors (Lipinski definition) is 2. The van der Waals surface area contributed by atoms with Gasteiger partial charge in [-0.3, -0.25) is 0 Å². The molecule has 0 saturated heterocycles. The Labute approximate surface area is 152 Å². The SMILES string of the molecule is C[O-].C[O-].FCC(F)(F)C(F)(F)[C](F)(F)[Sn+2][C](F)(F)C(F)(F)C(F)(F)CF. The molecule has 164 valence electrons. The van der Waals surface area contributed by atoms with Crippen LogP contribution in [0, 0.1) is 0 Å². The number of rotatable bonds is 8. The van der Waals surface area contributed by atoms with Crippen LogP contribution in [0.5, 0.6) is 0 Å². The molecule has 0 saturated carbocycles. The van der Waals surface area contributed by atoms with E-state index in [4.69, 9.17) is 10.2 Å². The Balaban J connectivity index is -0.00000134. The van der Waals surface area contributed by atoms with Crippen LogP contribution in [0.25, 0.3) is 0 Å². The topological polar surface area (TPSA) is 46.1 Å². The van der Waals surface area contributed by atoms with E-state index in [0.717, 1.165) is 14.2 Å². The Bertz CT molecular complexity index is 390. The Hall–Kier alpha value is -0.261. The Morgan fingerprint density at radius 1 is 0.519 bits per heavy atom. The van der Waals surface area contributed by atoms with Crippen LogP contribution >= 0.6 is 0 Å². The monoisotopic (exact) mass is 548 g/mol. The molecule has 0 N–H and O–H groups in total. The molecule has 2 nitrogen and oxygen atoms in total. The first-order valence-electron chi connectivity index (χ1n) is 5.83. The van der Waals surface area contributed by atoms with Gasteiger partial charge in [-0.05, 0) is 0 Å². The van der Waals surface area contributed by atoms with E-state index in [1.54, 1.807) is 0 Å². The molecule has 0 fully saturated rings. The maximum absolute atomic E-state index is 12.9. The van der Waals surface area contributed by atoms with Crippen LogP contribution in [0.2, 0.25) is 0 Å². The van der Waals surface area contributed by atoms with Crippen molar-refractivity contribution in [3.63, 3.8) is 0 Å². The molecule has 0 aromatic carbocycles. The van der Waals surface area contributed by atoms with Crippen LogP contribution in [0.15, 0.2) is 0 Å². The van der Waals surface area contributed by atoms with Crippen molar-refractivity contribution in [1.29, 1.82) is 0 Å². The first kappa shape index (κ1) is 31.4. The summed E-state index contributed by atoms with van der Waals surface area (Å²) in [4.78, 5) is 0. The molecule has 0 radical (unpaired) electrons. The molecular formula is C10H10F14O2Sn. The van der Waals surface area contributed by atoms with Gasteiger partial charge in [-0.25, -0.2) is 0 Å². The summed E-state index contributed by atoms with van der Waals surface area (Å²) in [6, 6.07) is 0.